The first-order valence-corrected chi connectivity index (χ1v) is 7.07. The first-order valence-electron chi connectivity index (χ1n) is 6.69. The van der Waals surface area contributed by atoms with Gasteiger partial charge in [0.1, 0.15) is 5.84 Å². The number of amidine groups is 1. The van der Waals surface area contributed by atoms with Crippen molar-refractivity contribution in [2.24, 2.45) is 10.7 Å². The van der Waals surface area contributed by atoms with E-state index in [1.54, 1.807) is 6.92 Å². The Morgan fingerprint density at radius 2 is 2.00 bits per heavy atom. The molecule has 2 aliphatic heterocycles. The van der Waals surface area contributed by atoms with Crippen molar-refractivity contribution in [3.8, 4) is 0 Å². The number of halogens is 1. The second kappa shape index (κ2) is 4.98. The van der Waals surface area contributed by atoms with Gasteiger partial charge in [0.2, 0.25) is 5.91 Å². The molecule has 5 nitrogen and oxygen atoms in total. The van der Waals surface area contributed by atoms with Crippen LogP contribution in [0.4, 0.5) is 5.69 Å². The Morgan fingerprint density at radius 1 is 1.30 bits per heavy atom. The molecular formula is C14H17ClN4O. The predicted octanol–water partition coefficient (Wildman–Crippen LogP) is 1.23. The van der Waals surface area contributed by atoms with Gasteiger partial charge in [0.25, 0.3) is 0 Å². The lowest BCUT2D eigenvalue weighted by Gasteiger charge is -2.36. The summed E-state index contributed by atoms with van der Waals surface area (Å²) in [6.45, 7) is 5.33. The summed E-state index contributed by atoms with van der Waals surface area (Å²) in [6, 6.07) is 3.84. The highest BCUT2D eigenvalue weighted by atomic mass is 35.5. The third kappa shape index (κ3) is 2.22. The van der Waals surface area contributed by atoms with Gasteiger partial charge in [0.05, 0.1) is 6.54 Å². The molecule has 2 aliphatic rings. The van der Waals surface area contributed by atoms with Gasteiger partial charge in [0, 0.05) is 54.9 Å². The topological polar surface area (TPSA) is 61.9 Å². The van der Waals surface area contributed by atoms with Gasteiger partial charge in [-0.15, -0.1) is 0 Å². The zero-order valence-corrected chi connectivity index (χ0v) is 12.2. The summed E-state index contributed by atoms with van der Waals surface area (Å²) in [6.07, 6.45) is 0. The summed E-state index contributed by atoms with van der Waals surface area (Å²) in [5.74, 6) is 0.694. The number of nitrogens with two attached hydrogens (primary N) is 1. The van der Waals surface area contributed by atoms with Gasteiger partial charge < -0.3 is 15.5 Å². The lowest BCUT2D eigenvalue weighted by Crippen LogP contribution is -2.48. The number of fused-ring (bicyclic) bond motifs is 1. The van der Waals surface area contributed by atoms with E-state index in [4.69, 9.17) is 17.3 Å². The summed E-state index contributed by atoms with van der Waals surface area (Å²) in [5, 5.41) is 0.674. The van der Waals surface area contributed by atoms with E-state index < -0.39 is 0 Å². The second-order valence-corrected chi connectivity index (χ2v) is 5.58. The van der Waals surface area contributed by atoms with Crippen molar-refractivity contribution in [2.75, 3.05) is 31.1 Å². The molecule has 1 amide bonds. The molecule has 2 N–H and O–H groups in total. The van der Waals surface area contributed by atoms with Crippen LogP contribution in [0.25, 0.3) is 0 Å². The Bertz CT molecular complexity index is 591. The minimum absolute atomic E-state index is 0.133. The molecule has 0 bridgehead atoms. The molecule has 0 radical (unpaired) electrons. The number of hydrogen-bond acceptors (Lipinski definition) is 4. The minimum Gasteiger partial charge on any atom is -0.383 e. The molecule has 1 fully saturated rings. The molecule has 0 spiro atoms. The third-order valence-corrected chi connectivity index (χ3v) is 4.16. The molecule has 106 valence electrons. The van der Waals surface area contributed by atoms with Crippen molar-refractivity contribution >= 4 is 29.0 Å². The number of rotatable bonds is 1. The number of benzene rings is 1. The molecule has 3 rings (SSSR count). The standard InChI is InChI=1S/C14H17ClN4O/c1-9(20)18-2-4-19(5-3-18)13-7-10(15)6-11-12(13)8-17-14(11)16/h6-7H,2-5,8H2,1H3,(H2,16,17). The molecule has 1 saturated heterocycles. The Kier molecular flexibility index (Phi) is 3.30. The van der Waals surface area contributed by atoms with Gasteiger partial charge in [-0.2, -0.15) is 0 Å². The van der Waals surface area contributed by atoms with E-state index in [2.05, 4.69) is 9.89 Å². The van der Waals surface area contributed by atoms with Crippen molar-refractivity contribution in [3.63, 3.8) is 0 Å². The fourth-order valence-corrected chi connectivity index (χ4v) is 3.02. The van der Waals surface area contributed by atoms with Crippen LogP contribution in [-0.4, -0.2) is 42.8 Å². The fourth-order valence-electron chi connectivity index (χ4n) is 2.81. The van der Waals surface area contributed by atoms with Gasteiger partial charge in [-0.3, -0.25) is 9.79 Å². The monoisotopic (exact) mass is 292 g/mol. The number of amides is 1. The Labute approximate surface area is 123 Å². The number of piperazine rings is 1. The summed E-state index contributed by atoms with van der Waals surface area (Å²) >= 11 is 6.19. The number of aliphatic imine (C=N–C) groups is 1. The van der Waals surface area contributed by atoms with Crippen LogP contribution in [0.2, 0.25) is 5.02 Å². The van der Waals surface area contributed by atoms with Crippen molar-refractivity contribution in [1.82, 2.24) is 4.90 Å². The molecule has 0 aliphatic carbocycles. The minimum atomic E-state index is 0.133. The van der Waals surface area contributed by atoms with E-state index >= 15 is 0 Å². The van der Waals surface area contributed by atoms with Crippen LogP contribution < -0.4 is 10.6 Å². The van der Waals surface area contributed by atoms with Gasteiger partial charge in [-0.05, 0) is 12.1 Å². The van der Waals surface area contributed by atoms with E-state index in [0.29, 0.717) is 17.4 Å². The maximum absolute atomic E-state index is 11.4. The van der Waals surface area contributed by atoms with Gasteiger partial charge in [-0.25, -0.2) is 0 Å². The molecule has 0 unspecified atom stereocenters. The average molecular weight is 293 g/mol. The van der Waals surface area contributed by atoms with Gasteiger partial charge >= 0.3 is 0 Å². The Balaban J connectivity index is 1.86. The first-order chi connectivity index (χ1) is 9.56. The highest BCUT2D eigenvalue weighted by Crippen LogP contribution is 2.32. The van der Waals surface area contributed by atoms with Crippen molar-refractivity contribution in [1.29, 1.82) is 0 Å². The highest BCUT2D eigenvalue weighted by molar-refractivity contribution is 6.31. The summed E-state index contributed by atoms with van der Waals surface area (Å²) in [5.41, 5.74) is 9.08. The van der Waals surface area contributed by atoms with Crippen LogP contribution in [0, 0.1) is 0 Å². The zero-order chi connectivity index (χ0) is 14.3. The Hall–Kier alpha value is -1.75. The average Bonchev–Trinajstić information content (AvgIpc) is 2.80. The van der Waals surface area contributed by atoms with Crippen molar-refractivity contribution < 1.29 is 4.79 Å². The van der Waals surface area contributed by atoms with Gasteiger partial charge in [0.15, 0.2) is 0 Å². The normalized spacial score (nSPS) is 18.0. The molecule has 20 heavy (non-hydrogen) atoms. The molecular weight excluding hydrogens is 276 g/mol. The fraction of sp³-hybridized carbons (Fsp3) is 0.429. The molecule has 1 aromatic carbocycles. The molecule has 6 heteroatoms. The first kappa shape index (κ1) is 13.2. The molecule has 0 saturated carbocycles. The predicted molar refractivity (Wildman–Crippen MR) is 80.3 cm³/mol. The largest absolute Gasteiger partial charge is 0.383 e. The van der Waals surface area contributed by atoms with Crippen LogP contribution in [0.3, 0.4) is 0 Å². The second-order valence-electron chi connectivity index (χ2n) is 5.15. The molecule has 0 aromatic heterocycles. The summed E-state index contributed by atoms with van der Waals surface area (Å²) in [4.78, 5) is 19.8. The summed E-state index contributed by atoms with van der Waals surface area (Å²) in [7, 11) is 0. The summed E-state index contributed by atoms with van der Waals surface area (Å²) < 4.78 is 0. The number of carbonyl (C=O) groups excluding carboxylic acids is 1. The van der Waals surface area contributed by atoms with E-state index in [9.17, 15) is 4.79 Å². The maximum atomic E-state index is 11.4. The number of nitrogens with zero attached hydrogens (tertiary/aromatic N) is 3. The highest BCUT2D eigenvalue weighted by Gasteiger charge is 2.24. The van der Waals surface area contributed by atoms with Crippen molar-refractivity contribution in [3.05, 3.63) is 28.3 Å². The molecule has 2 heterocycles. The number of carbonyl (C=O) groups is 1. The number of anilines is 1. The molecule has 0 atom stereocenters. The van der Waals surface area contributed by atoms with E-state index in [-0.39, 0.29) is 5.91 Å². The lowest BCUT2D eigenvalue weighted by molar-refractivity contribution is -0.129. The SMILES string of the molecule is CC(=O)N1CCN(c2cc(Cl)cc3c2CN=C3N)CC1. The number of hydrogen-bond donors (Lipinski definition) is 1. The van der Waals surface area contributed by atoms with Crippen LogP contribution in [0.15, 0.2) is 17.1 Å². The maximum Gasteiger partial charge on any atom is 0.219 e. The van der Waals surface area contributed by atoms with Crippen LogP contribution >= 0.6 is 11.6 Å². The van der Waals surface area contributed by atoms with Crippen LogP contribution in [0.1, 0.15) is 18.1 Å². The van der Waals surface area contributed by atoms with Gasteiger partial charge in [-0.1, -0.05) is 11.6 Å². The molecule has 1 aromatic rings. The third-order valence-electron chi connectivity index (χ3n) is 3.94. The zero-order valence-electron chi connectivity index (χ0n) is 11.4. The van der Waals surface area contributed by atoms with Crippen LogP contribution in [0.5, 0.6) is 0 Å². The van der Waals surface area contributed by atoms with Crippen molar-refractivity contribution in [2.45, 2.75) is 13.5 Å². The van der Waals surface area contributed by atoms with E-state index in [1.165, 1.54) is 0 Å². The van der Waals surface area contributed by atoms with E-state index in [1.807, 2.05) is 17.0 Å². The quantitative estimate of drug-likeness (QED) is 0.847. The smallest absolute Gasteiger partial charge is 0.219 e. The van der Waals surface area contributed by atoms with E-state index in [0.717, 1.165) is 43.0 Å². The van der Waals surface area contributed by atoms with Crippen LogP contribution in [-0.2, 0) is 11.3 Å². The Morgan fingerprint density at radius 3 is 2.65 bits per heavy atom. The lowest BCUT2D eigenvalue weighted by atomic mass is 10.1.